The first kappa shape index (κ1) is 12.5. The van der Waals surface area contributed by atoms with E-state index < -0.39 is 0 Å². The minimum atomic E-state index is -0.194. The van der Waals surface area contributed by atoms with Crippen LogP contribution in [0.15, 0.2) is 24.3 Å². The molecule has 2 nitrogen and oxygen atoms in total. The molecule has 1 unspecified atom stereocenters. The van der Waals surface area contributed by atoms with Gasteiger partial charge in [0.2, 0.25) is 0 Å². The standard InChI is InChI=1S/C14H20FNO/c1-2-14(11-7-9-12(15)10-8-11)16-17-13-5-3-4-6-13/h7-10,13-14,16H,2-6H2,1H3. The zero-order valence-corrected chi connectivity index (χ0v) is 10.3. The lowest BCUT2D eigenvalue weighted by Gasteiger charge is -2.20. The smallest absolute Gasteiger partial charge is 0.123 e. The number of hydrogen-bond acceptors (Lipinski definition) is 2. The highest BCUT2D eigenvalue weighted by Crippen LogP contribution is 2.22. The van der Waals surface area contributed by atoms with Gasteiger partial charge in [-0.25, -0.2) is 4.39 Å². The lowest BCUT2D eigenvalue weighted by molar-refractivity contribution is -0.0415. The van der Waals surface area contributed by atoms with Gasteiger partial charge in [0.1, 0.15) is 5.82 Å². The van der Waals surface area contributed by atoms with Crippen LogP contribution in [-0.4, -0.2) is 6.10 Å². The molecular formula is C14H20FNO. The van der Waals surface area contributed by atoms with Gasteiger partial charge in [0.15, 0.2) is 0 Å². The van der Waals surface area contributed by atoms with Crippen LogP contribution < -0.4 is 5.48 Å². The fraction of sp³-hybridized carbons (Fsp3) is 0.571. The average Bonchev–Trinajstić information content (AvgIpc) is 2.85. The van der Waals surface area contributed by atoms with Gasteiger partial charge in [0.05, 0.1) is 12.1 Å². The van der Waals surface area contributed by atoms with Crippen molar-refractivity contribution in [2.45, 2.75) is 51.2 Å². The maximum absolute atomic E-state index is 12.8. The molecule has 94 valence electrons. The zero-order valence-electron chi connectivity index (χ0n) is 10.3. The number of benzene rings is 1. The van der Waals surface area contributed by atoms with Crippen molar-refractivity contribution in [3.05, 3.63) is 35.6 Å². The summed E-state index contributed by atoms with van der Waals surface area (Å²) in [4.78, 5) is 5.70. The van der Waals surface area contributed by atoms with E-state index in [1.54, 1.807) is 0 Å². The van der Waals surface area contributed by atoms with Crippen molar-refractivity contribution in [2.75, 3.05) is 0 Å². The molecular weight excluding hydrogens is 217 g/mol. The number of halogens is 1. The third-order valence-corrected chi connectivity index (χ3v) is 3.36. The summed E-state index contributed by atoms with van der Waals surface area (Å²) in [5, 5.41) is 0. The first-order chi connectivity index (χ1) is 8.29. The molecule has 0 radical (unpaired) electrons. The topological polar surface area (TPSA) is 21.3 Å². The molecule has 0 bridgehead atoms. The second kappa shape index (κ2) is 6.12. The van der Waals surface area contributed by atoms with Crippen LogP contribution in [0.25, 0.3) is 0 Å². The predicted molar refractivity (Wildman–Crippen MR) is 65.9 cm³/mol. The fourth-order valence-corrected chi connectivity index (χ4v) is 2.27. The van der Waals surface area contributed by atoms with E-state index in [0.717, 1.165) is 24.8 Å². The van der Waals surface area contributed by atoms with E-state index in [1.165, 1.54) is 25.0 Å². The van der Waals surface area contributed by atoms with Gasteiger partial charge in [-0.15, -0.1) is 0 Å². The van der Waals surface area contributed by atoms with Crippen molar-refractivity contribution >= 4 is 0 Å². The van der Waals surface area contributed by atoms with Crippen molar-refractivity contribution in [1.29, 1.82) is 0 Å². The van der Waals surface area contributed by atoms with Crippen molar-refractivity contribution in [3.63, 3.8) is 0 Å². The Morgan fingerprint density at radius 1 is 1.29 bits per heavy atom. The van der Waals surface area contributed by atoms with Gasteiger partial charge in [0, 0.05) is 0 Å². The Morgan fingerprint density at radius 2 is 1.94 bits per heavy atom. The van der Waals surface area contributed by atoms with E-state index in [1.807, 2.05) is 12.1 Å². The second-order valence-corrected chi connectivity index (χ2v) is 4.65. The van der Waals surface area contributed by atoms with E-state index in [-0.39, 0.29) is 11.9 Å². The van der Waals surface area contributed by atoms with Crippen LogP contribution in [0.4, 0.5) is 4.39 Å². The molecule has 1 aliphatic carbocycles. The highest BCUT2D eigenvalue weighted by atomic mass is 19.1. The summed E-state index contributed by atoms with van der Waals surface area (Å²) in [5.74, 6) is -0.194. The number of rotatable bonds is 5. The van der Waals surface area contributed by atoms with Crippen LogP contribution in [-0.2, 0) is 4.84 Å². The Balaban J connectivity index is 1.89. The third-order valence-electron chi connectivity index (χ3n) is 3.36. The molecule has 0 saturated heterocycles. The summed E-state index contributed by atoms with van der Waals surface area (Å²) in [6.45, 7) is 2.10. The summed E-state index contributed by atoms with van der Waals surface area (Å²) in [6, 6.07) is 6.77. The van der Waals surface area contributed by atoms with E-state index in [0.29, 0.717) is 6.10 Å². The molecule has 17 heavy (non-hydrogen) atoms. The average molecular weight is 237 g/mol. The molecule has 0 amide bonds. The monoisotopic (exact) mass is 237 g/mol. The van der Waals surface area contributed by atoms with E-state index in [2.05, 4.69) is 12.4 Å². The summed E-state index contributed by atoms with van der Waals surface area (Å²) >= 11 is 0. The number of nitrogens with one attached hydrogen (secondary N) is 1. The van der Waals surface area contributed by atoms with Gasteiger partial charge in [-0.05, 0) is 37.0 Å². The van der Waals surface area contributed by atoms with E-state index >= 15 is 0 Å². The van der Waals surface area contributed by atoms with Crippen molar-refractivity contribution in [1.82, 2.24) is 5.48 Å². The van der Waals surface area contributed by atoms with Gasteiger partial charge in [-0.2, -0.15) is 5.48 Å². The van der Waals surface area contributed by atoms with Gasteiger partial charge >= 0.3 is 0 Å². The Labute approximate surface area is 102 Å². The van der Waals surface area contributed by atoms with Crippen molar-refractivity contribution in [3.8, 4) is 0 Å². The molecule has 1 aromatic rings. The summed E-state index contributed by atoms with van der Waals surface area (Å²) in [5.41, 5.74) is 4.20. The Kier molecular flexibility index (Phi) is 4.51. The summed E-state index contributed by atoms with van der Waals surface area (Å²) in [7, 11) is 0. The minimum Gasteiger partial charge on any atom is -0.298 e. The first-order valence-corrected chi connectivity index (χ1v) is 6.46. The van der Waals surface area contributed by atoms with Gasteiger partial charge < -0.3 is 0 Å². The van der Waals surface area contributed by atoms with Crippen molar-refractivity contribution < 1.29 is 9.23 Å². The van der Waals surface area contributed by atoms with Crippen LogP contribution in [0.5, 0.6) is 0 Å². The molecule has 2 rings (SSSR count). The van der Waals surface area contributed by atoms with Crippen LogP contribution in [0.2, 0.25) is 0 Å². The minimum absolute atomic E-state index is 0.149. The van der Waals surface area contributed by atoms with Crippen LogP contribution in [0.3, 0.4) is 0 Å². The quantitative estimate of drug-likeness (QED) is 0.788. The highest BCUT2D eigenvalue weighted by molar-refractivity contribution is 5.19. The second-order valence-electron chi connectivity index (χ2n) is 4.65. The Morgan fingerprint density at radius 3 is 2.53 bits per heavy atom. The number of hydroxylamine groups is 1. The Bertz CT molecular complexity index is 333. The molecule has 1 atom stereocenters. The van der Waals surface area contributed by atoms with Crippen molar-refractivity contribution in [2.24, 2.45) is 0 Å². The maximum Gasteiger partial charge on any atom is 0.123 e. The number of hydrogen-bond donors (Lipinski definition) is 1. The van der Waals surface area contributed by atoms with Crippen LogP contribution in [0, 0.1) is 5.82 Å². The summed E-state index contributed by atoms with van der Waals surface area (Å²) in [6.07, 6.45) is 6.10. The lowest BCUT2D eigenvalue weighted by atomic mass is 10.1. The van der Waals surface area contributed by atoms with Gasteiger partial charge in [0.25, 0.3) is 0 Å². The molecule has 0 aromatic heterocycles. The Hall–Kier alpha value is -0.930. The molecule has 0 spiro atoms. The van der Waals surface area contributed by atoms with Crippen LogP contribution >= 0.6 is 0 Å². The van der Waals surface area contributed by atoms with Gasteiger partial charge in [-0.3, -0.25) is 4.84 Å². The molecule has 3 heteroatoms. The molecule has 0 aliphatic heterocycles. The first-order valence-electron chi connectivity index (χ1n) is 6.46. The highest BCUT2D eigenvalue weighted by Gasteiger charge is 2.17. The lowest BCUT2D eigenvalue weighted by Crippen LogP contribution is -2.26. The van der Waals surface area contributed by atoms with E-state index in [9.17, 15) is 4.39 Å². The molecule has 0 heterocycles. The normalized spacial score (nSPS) is 18.5. The largest absolute Gasteiger partial charge is 0.298 e. The van der Waals surface area contributed by atoms with Gasteiger partial charge in [-0.1, -0.05) is 31.9 Å². The molecule has 1 aromatic carbocycles. The van der Waals surface area contributed by atoms with Crippen LogP contribution in [0.1, 0.15) is 50.6 Å². The summed E-state index contributed by atoms with van der Waals surface area (Å²) < 4.78 is 12.8. The molecule has 1 N–H and O–H groups in total. The third kappa shape index (κ3) is 3.51. The fourth-order valence-electron chi connectivity index (χ4n) is 2.27. The maximum atomic E-state index is 12.8. The molecule has 1 fully saturated rings. The van der Waals surface area contributed by atoms with E-state index in [4.69, 9.17) is 4.84 Å². The zero-order chi connectivity index (χ0) is 12.1. The molecule has 1 aliphatic rings. The SMILES string of the molecule is CCC(NOC1CCCC1)c1ccc(F)cc1. The predicted octanol–water partition coefficient (Wildman–Crippen LogP) is 3.74. The molecule has 1 saturated carbocycles.